The van der Waals surface area contributed by atoms with Crippen molar-refractivity contribution in [3.63, 3.8) is 0 Å². The van der Waals surface area contributed by atoms with Crippen molar-refractivity contribution in [2.75, 3.05) is 5.73 Å². The molecule has 0 fully saturated rings. The molecule has 6 heteroatoms. The summed E-state index contributed by atoms with van der Waals surface area (Å²) in [6.07, 6.45) is -0.318. The second-order valence-corrected chi connectivity index (χ2v) is 2.79. The zero-order valence-corrected chi connectivity index (χ0v) is 7.23. The van der Waals surface area contributed by atoms with Crippen LogP contribution in [-0.2, 0) is 11.2 Å². The van der Waals surface area contributed by atoms with Crippen LogP contribution in [0.2, 0.25) is 0 Å². The molecule has 0 heterocycles. The molecule has 6 nitrogen and oxygen atoms in total. The maximum absolute atomic E-state index is 10.7. The molecule has 0 aliphatic rings. The number of hydrogen-bond donors (Lipinski definition) is 4. The first-order valence-electron chi connectivity index (χ1n) is 3.84. The summed E-state index contributed by atoms with van der Waals surface area (Å²) < 4.78 is 0. The number of aliphatic carboxylic acids is 1. The quantitative estimate of drug-likeness (QED) is 0.379. The van der Waals surface area contributed by atoms with E-state index in [1.807, 2.05) is 0 Å². The number of carbonyl (C=O) groups is 1. The van der Waals surface area contributed by atoms with Gasteiger partial charge in [0.2, 0.25) is 0 Å². The van der Waals surface area contributed by atoms with Gasteiger partial charge in [-0.25, -0.2) is 5.21 Å². The number of rotatable bonds is 3. The largest absolute Gasteiger partial charge is 0.595 e. The van der Waals surface area contributed by atoms with Crippen LogP contribution in [0.5, 0.6) is 0 Å². The first-order valence-corrected chi connectivity index (χ1v) is 3.84. The standard InChI is InChI=1S/C8H10N2O4/c9-6-2-1-5(3-8(11)12)7(4-6)10(13)14/h1-2,4,10,13H,3,9H2,(H,11,12). The fourth-order valence-corrected chi connectivity index (χ4v) is 1.11. The number of hydrogen-bond acceptors (Lipinski definition) is 4. The van der Waals surface area contributed by atoms with E-state index < -0.39 is 11.2 Å². The van der Waals surface area contributed by atoms with Gasteiger partial charge in [0.1, 0.15) is 0 Å². The number of nitrogen functional groups attached to an aromatic ring is 1. The van der Waals surface area contributed by atoms with Crippen molar-refractivity contribution >= 4 is 17.3 Å². The molecular weight excluding hydrogens is 188 g/mol. The average Bonchev–Trinajstić information content (AvgIpc) is 2.07. The van der Waals surface area contributed by atoms with Gasteiger partial charge in [-0.15, -0.1) is 0 Å². The molecular formula is C8H10N2O4. The summed E-state index contributed by atoms with van der Waals surface area (Å²) in [5, 5.41) is 26.8. The van der Waals surface area contributed by atoms with E-state index in [9.17, 15) is 10.0 Å². The van der Waals surface area contributed by atoms with Crippen molar-refractivity contribution in [1.82, 2.24) is 0 Å². The summed E-state index contributed by atoms with van der Waals surface area (Å²) in [5.41, 5.74) is 5.87. The maximum atomic E-state index is 10.7. The highest BCUT2D eigenvalue weighted by atomic mass is 16.8. The molecule has 0 aromatic heterocycles. The molecule has 1 aromatic carbocycles. The van der Waals surface area contributed by atoms with Crippen LogP contribution in [0.3, 0.4) is 0 Å². The predicted octanol–water partition coefficient (Wildman–Crippen LogP) is -0.701. The van der Waals surface area contributed by atoms with E-state index in [4.69, 9.17) is 16.0 Å². The van der Waals surface area contributed by atoms with E-state index in [2.05, 4.69) is 0 Å². The van der Waals surface area contributed by atoms with Crippen molar-refractivity contribution in [2.45, 2.75) is 6.42 Å². The predicted molar refractivity (Wildman–Crippen MR) is 48.0 cm³/mol. The molecule has 0 amide bonds. The van der Waals surface area contributed by atoms with Gasteiger partial charge >= 0.3 is 5.97 Å². The van der Waals surface area contributed by atoms with Gasteiger partial charge in [0, 0.05) is 17.3 Å². The third kappa shape index (κ3) is 2.43. The second kappa shape index (κ2) is 4.05. The van der Waals surface area contributed by atoms with Gasteiger partial charge < -0.3 is 16.0 Å². The van der Waals surface area contributed by atoms with E-state index in [0.29, 0.717) is 5.69 Å². The normalized spacial score (nSPS) is 12.4. The summed E-state index contributed by atoms with van der Waals surface area (Å²) in [7, 11) is 0. The minimum atomic E-state index is -1.17. The molecule has 0 saturated heterocycles. The molecule has 0 saturated carbocycles. The molecule has 1 unspecified atom stereocenters. The van der Waals surface area contributed by atoms with Gasteiger partial charge in [0.25, 0.3) is 0 Å². The Labute approximate surface area is 79.7 Å². The topological polar surface area (TPSA) is 111 Å². The number of benzene rings is 1. The van der Waals surface area contributed by atoms with Crippen molar-refractivity contribution in [2.24, 2.45) is 0 Å². The molecule has 0 spiro atoms. The SMILES string of the molecule is Nc1ccc(CC(=O)O)c([NH+]([O-])O)c1. The van der Waals surface area contributed by atoms with E-state index >= 15 is 0 Å². The number of carboxylic acids is 1. The Bertz CT molecular complexity index is 351. The summed E-state index contributed by atoms with van der Waals surface area (Å²) >= 11 is 0. The van der Waals surface area contributed by atoms with Crippen molar-refractivity contribution in [3.05, 3.63) is 29.0 Å². The first kappa shape index (κ1) is 10.5. The fourth-order valence-electron chi connectivity index (χ4n) is 1.11. The molecule has 1 aromatic rings. The van der Waals surface area contributed by atoms with Crippen LogP contribution in [0.15, 0.2) is 18.2 Å². The van der Waals surface area contributed by atoms with Gasteiger partial charge in [-0.3, -0.25) is 4.79 Å². The summed E-state index contributed by atoms with van der Waals surface area (Å²) in [6, 6.07) is 4.14. The lowest BCUT2D eigenvalue weighted by Gasteiger charge is -2.15. The van der Waals surface area contributed by atoms with Gasteiger partial charge in [-0.1, -0.05) is 6.07 Å². The molecule has 0 bridgehead atoms. The first-order chi connectivity index (χ1) is 6.50. The Morgan fingerprint density at radius 1 is 1.57 bits per heavy atom. The van der Waals surface area contributed by atoms with Gasteiger partial charge in [-0.2, -0.15) is 5.23 Å². The van der Waals surface area contributed by atoms with Crippen molar-refractivity contribution in [3.8, 4) is 0 Å². The zero-order chi connectivity index (χ0) is 10.7. The molecule has 14 heavy (non-hydrogen) atoms. The third-order valence-corrected chi connectivity index (χ3v) is 1.71. The highest BCUT2D eigenvalue weighted by molar-refractivity contribution is 5.72. The second-order valence-electron chi connectivity index (χ2n) is 2.79. The van der Waals surface area contributed by atoms with Crippen LogP contribution in [0, 0.1) is 5.21 Å². The van der Waals surface area contributed by atoms with E-state index in [1.54, 1.807) is 0 Å². The average molecular weight is 198 g/mol. The lowest BCUT2D eigenvalue weighted by Crippen LogP contribution is -2.99. The number of nitrogens with one attached hydrogen (secondary N) is 1. The Kier molecular flexibility index (Phi) is 3.03. The van der Waals surface area contributed by atoms with Crippen LogP contribution in [-0.4, -0.2) is 16.3 Å². The number of anilines is 1. The number of nitrogens with two attached hydrogens (primary N) is 1. The van der Waals surface area contributed by atoms with Crippen LogP contribution >= 0.6 is 0 Å². The minimum absolute atomic E-state index is 0.0626. The molecule has 0 aliphatic heterocycles. The third-order valence-electron chi connectivity index (χ3n) is 1.71. The van der Waals surface area contributed by atoms with E-state index in [0.717, 1.165) is 0 Å². The Hall–Kier alpha value is -1.63. The smallest absolute Gasteiger partial charge is 0.308 e. The zero-order valence-electron chi connectivity index (χ0n) is 7.23. The highest BCUT2D eigenvalue weighted by Crippen LogP contribution is 2.15. The fraction of sp³-hybridized carbons (Fsp3) is 0.125. The molecule has 1 rings (SSSR count). The number of carboxylic acid groups (broad SMARTS) is 1. The lowest BCUT2D eigenvalue weighted by atomic mass is 10.1. The number of quaternary nitrogens is 1. The van der Waals surface area contributed by atoms with Crippen LogP contribution in [0.25, 0.3) is 0 Å². The lowest BCUT2D eigenvalue weighted by molar-refractivity contribution is -0.991. The summed E-state index contributed by atoms with van der Waals surface area (Å²) in [4.78, 5) is 10.4. The van der Waals surface area contributed by atoms with E-state index in [-0.39, 0.29) is 17.7 Å². The molecule has 5 N–H and O–H groups in total. The summed E-state index contributed by atoms with van der Waals surface area (Å²) in [6.45, 7) is 0. The van der Waals surface area contributed by atoms with Crippen molar-refractivity contribution < 1.29 is 20.3 Å². The summed E-state index contributed by atoms with van der Waals surface area (Å²) in [5.74, 6) is -1.07. The molecule has 0 aliphatic carbocycles. The maximum Gasteiger partial charge on any atom is 0.308 e. The van der Waals surface area contributed by atoms with Gasteiger partial charge in [-0.05, 0) is 6.07 Å². The van der Waals surface area contributed by atoms with Crippen LogP contribution < -0.4 is 11.0 Å². The van der Waals surface area contributed by atoms with Crippen LogP contribution in [0.1, 0.15) is 5.56 Å². The van der Waals surface area contributed by atoms with Gasteiger partial charge in [0.05, 0.1) is 6.42 Å². The molecule has 76 valence electrons. The Balaban J connectivity index is 3.08. The minimum Gasteiger partial charge on any atom is -0.595 e. The molecule has 0 radical (unpaired) electrons. The van der Waals surface area contributed by atoms with Gasteiger partial charge in [0.15, 0.2) is 5.69 Å². The highest BCUT2D eigenvalue weighted by Gasteiger charge is 2.12. The van der Waals surface area contributed by atoms with Crippen molar-refractivity contribution in [1.29, 1.82) is 0 Å². The molecule has 1 atom stereocenters. The monoisotopic (exact) mass is 198 g/mol. The Morgan fingerprint density at radius 3 is 2.71 bits per heavy atom. The van der Waals surface area contributed by atoms with E-state index in [1.165, 1.54) is 18.2 Å². The van der Waals surface area contributed by atoms with Crippen LogP contribution in [0.4, 0.5) is 11.4 Å². The Morgan fingerprint density at radius 2 is 2.21 bits per heavy atom.